The van der Waals surface area contributed by atoms with Crippen LogP contribution < -0.4 is 4.74 Å². The number of ketones is 1. The molecule has 0 amide bonds. The van der Waals surface area contributed by atoms with Crippen LogP contribution in [-0.2, 0) is 0 Å². The quantitative estimate of drug-likeness (QED) is 0.805. The Morgan fingerprint density at radius 1 is 1.26 bits per heavy atom. The van der Waals surface area contributed by atoms with E-state index < -0.39 is 6.61 Å². The van der Waals surface area contributed by atoms with Crippen LogP contribution in [0.15, 0.2) is 42.7 Å². The average Bonchev–Trinajstić information content (AvgIpc) is 2.41. The second kappa shape index (κ2) is 5.75. The van der Waals surface area contributed by atoms with Crippen LogP contribution in [0.3, 0.4) is 0 Å². The molecule has 2 rings (SSSR count). The number of benzene rings is 1. The molecule has 0 saturated heterocycles. The minimum Gasteiger partial charge on any atom is -0.433 e. The number of ether oxygens (including phenoxy) is 1. The molecule has 6 heteroatoms. The Morgan fingerprint density at radius 3 is 2.63 bits per heavy atom. The second-order valence-corrected chi connectivity index (χ2v) is 4.00. The summed E-state index contributed by atoms with van der Waals surface area (Å²) < 4.78 is 28.3. The molecule has 0 unspecified atom stereocenters. The van der Waals surface area contributed by atoms with Gasteiger partial charge in [-0.1, -0.05) is 11.6 Å². The highest BCUT2D eigenvalue weighted by Gasteiger charge is 2.13. The molecule has 1 aromatic carbocycles. The molecule has 19 heavy (non-hydrogen) atoms. The van der Waals surface area contributed by atoms with Gasteiger partial charge in [-0.25, -0.2) is 0 Å². The zero-order valence-corrected chi connectivity index (χ0v) is 10.3. The largest absolute Gasteiger partial charge is 0.433 e. The minimum atomic E-state index is -2.96. The Morgan fingerprint density at radius 2 is 2.05 bits per heavy atom. The van der Waals surface area contributed by atoms with Crippen LogP contribution in [0, 0.1) is 0 Å². The standard InChI is InChI=1S/C13H8ClF2NO2/c14-10-6-8(3-4-11(10)19-13(15)16)12(18)9-2-1-5-17-7-9/h1-7,13H. The molecular weight excluding hydrogens is 276 g/mol. The van der Waals surface area contributed by atoms with Crippen molar-refractivity contribution >= 4 is 17.4 Å². The Balaban J connectivity index is 2.27. The van der Waals surface area contributed by atoms with Gasteiger partial charge < -0.3 is 4.74 Å². The predicted octanol–water partition coefficient (Wildman–Crippen LogP) is 3.57. The van der Waals surface area contributed by atoms with Crippen molar-refractivity contribution in [1.82, 2.24) is 4.98 Å². The van der Waals surface area contributed by atoms with Gasteiger partial charge in [0.15, 0.2) is 5.78 Å². The molecule has 0 aliphatic carbocycles. The smallest absolute Gasteiger partial charge is 0.387 e. The van der Waals surface area contributed by atoms with Crippen molar-refractivity contribution in [1.29, 1.82) is 0 Å². The maximum absolute atomic E-state index is 12.1. The van der Waals surface area contributed by atoms with Gasteiger partial charge in [0.2, 0.25) is 0 Å². The second-order valence-electron chi connectivity index (χ2n) is 3.59. The molecule has 1 aromatic heterocycles. The van der Waals surface area contributed by atoms with E-state index in [1.54, 1.807) is 18.3 Å². The van der Waals surface area contributed by atoms with Crippen LogP contribution in [0.2, 0.25) is 5.02 Å². The number of hydrogen-bond acceptors (Lipinski definition) is 3. The summed E-state index contributed by atoms with van der Waals surface area (Å²) in [5.41, 5.74) is 0.667. The van der Waals surface area contributed by atoms with E-state index in [-0.39, 0.29) is 22.1 Å². The first kappa shape index (κ1) is 13.4. The number of pyridine rings is 1. The predicted molar refractivity (Wildman–Crippen MR) is 65.8 cm³/mol. The molecular formula is C13H8ClF2NO2. The average molecular weight is 284 g/mol. The molecule has 0 aliphatic heterocycles. The number of aromatic nitrogens is 1. The van der Waals surface area contributed by atoms with Gasteiger partial charge in [-0.3, -0.25) is 9.78 Å². The van der Waals surface area contributed by atoms with E-state index in [4.69, 9.17) is 11.6 Å². The summed E-state index contributed by atoms with van der Waals surface area (Å²) in [4.78, 5) is 15.9. The first-order chi connectivity index (χ1) is 9.08. The van der Waals surface area contributed by atoms with Gasteiger partial charge in [-0.05, 0) is 30.3 Å². The normalized spacial score (nSPS) is 10.5. The highest BCUT2D eigenvalue weighted by atomic mass is 35.5. The van der Waals surface area contributed by atoms with Crippen molar-refractivity contribution in [3.05, 3.63) is 58.9 Å². The van der Waals surface area contributed by atoms with Crippen molar-refractivity contribution in [3.8, 4) is 5.75 Å². The Labute approximate surface area is 112 Å². The third-order valence-corrected chi connectivity index (χ3v) is 2.63. The summed E-state index contributed by atoms with van der Waals surface area (Å²) in [6.45, 7) is -2.96. The van der Waals surface area contributed by atoms with Gasteiger partial charge in [-0.15, -0.1) is 0 Å². The molecule has 1 heterocycles. The van der Waals surface area contributed by atoms with E-state index >= 15 is 0 Å². The first-order valence-electron chi connectivity index (χ1n) is 5.27. The first-order valence-corrected chi connectivity index (χ1v) is 5.65. The van der Waals surface area contributed by atoms with Gasteiger partial charge in [0.05, 0.1) is 5.02 Å². The maximum atomic E-state index is 12.1. The summed E-state index contributed by atoms with van der Waals surface area (Å²) in [7, 11) is 0. The Kier molecular flexibility index (Phi) is 4.06. The fraction of sp³-hybridized carbons (Fsp3) is 0.0769. The van der Waals surface area contributed by atoms with Crippen molar-refractivity contribution in [3.63, 3.8) is 0 Å². The number of halogens is 3. The van der Waals surface area contributed by atoms with Gasteiger partial charge in [0, 0.05) is 23.5 Å². The number of rotatable bonds is 4. The summed E-state index contributed by atoms with van der Waals surface area (Å²) in [6.07, 6.45) is 2.96. The van der Waals surface area contributed by atoms with Crippen molar-refractivity contribution in [2.24, 2.45) is 0 Å². The van der Waals surface area contributed by atoms with E-state index in [0.717, 1.165) is 0 Å². The van der Waals surface area contributed by atoms with Gasteiger partial charge in [-0.2, -0.15) is 8.78 Å². The van der Waals surface area contributed by atoms with Gasteiger partial charge in [0.1, 0.15) is 5.75 Å². The van der Waals surface area contributed by atoms with E-state index in [1.165, 1.54) is 24.4 Å². The van der Waals surface area contributed by atoms with Crippen LogP contribution in [-0.4, -0.2) is 17.4 Å². The van der Waals surface area contributed by atoms with E-state index in [1.807, 2.05) is 0 Å². The maximum Gasteiger partial charge on any atom is 0.387 e. The number of nitrogens with zero attached hydrogens (tertiary/aromatic N) is 1. The monoisotopic (exact) mass is 283 g/mol. The fourth-order valence-corrected chi connectivity index (χ4v) is 1.72. The molecule has 0 fully saturated rings. The van der Waals surface area contributed by atoms with Gasteiger partial charge in [0.25, 0.3) is 0 Å². The van der Waals surface area contributed by atoms with Crippen LogP contribution in [0.25, 0.3) is 0 Å². The molecule has 0 N–H and O–H groups in total. The van der Waals surface area contributed by atoms with E-state index in [9.17, 15) is 13.6 Å². The zero-order chi connectivity index (χ0) is 13.8. The molecule has 0 bridgehead atoms. The summed E-state index contributed by atoms with van der Waals surface area (Å²) in [5, 5.41) is -0.0463. The SMILES string of the molecule is O=C(c1cccnc1)c1ccc(OC(F)F)c(Cl)c1. The Bertz CT molecular complexity index is 590. The zero-order valence-electron chi connectivity index (χ0n) is 9.52. The lowest BCUT2D eigenvalue weighted by atomic mass is 10.1. The summed E-state index contributed by atoms with van der Waals surface area (Å²) in [5.74, 6) is -0.460. The highest BCUT2D eigenvalue weighted by Crippen LogP contribution is 2.27. The summed E-state index contributed by atoms with van der Waals surface area (Å²) in [6, 6.07) is 7.13. The Hall–Kier alpha value is -2.01. The van der Waals surface area contributed by atoms with E-state index in [0.29, 0.717) is 5.56 Å². The van der Waals surface area contributed by atoms with Crippen molar-refractivity contribution < 1.29 is 18.3 Å². The molecule has 0 saturated carbocycles. The molecule has 0 atom stereocenters. The van der Waals surface area contributed by atoms with Crippen LogP contribution >= 0.6 is 11.6 Å². The number of alkyl halides is 2. The number of carbonyl (C=O) groups excluding carboxylic acids is 1. The lowest BCUT2D eigenvalue weighted by Crippen LogP contribution is -2.05. The highest BCUT2D eigenvalue weighted by molar-refractivity contribution is 6.32. The van der Waals surface area contributed by atoms with Crippen LogP contribution in [0.5, 0.6) is 5.75 Å². The molecule has 0 aliphatic rings. The molecule has 98 valence electrons. The third-order valence-electron chi connectivity index (χ3n) is 2.33. The van der Waals surface area contributed by atoms with Crippen LogP contribution in [0.4, 0.5) is 8.78 Å². The summed E-state index contributed by atoms with van der Waals surface area (Å²) >= 11 is 5.78. The number of hydrogen-bond donors (Lipinski definition) is 0. The fourth-order valence-electron chi connectivity index (χ4n) is 1.50. The number of carbonyl (C=O) groups is 1. The van der Waals surface area contributed by atoms with E-state index in [2.05, 4.69) is 9.72 Å². The van der Waals surface area contributed by atoms with Crippen molar-refractivity contribution in [2.75, 3.05) is 0 Å². The van der Waals surface area contributed by atoms with Gasteiger partial charge >= 0.3 is 6.61 Å². The topological polar surface area (TPSA) is 39.2 Å². The lowest BCUT2D eigenvalue weighted by Gasteiger charge is -2.08. The van der Waals surface area contributed by atoms with Crippen LogP contribution in [0.1, 0.15) is 15.9 Å². The molecule has 3 nitrogen and oxygen atoms in total. The molecule has 0 spiro atoms. The molecule has 2 aromatic rings. The molecule has 0 radical (unpaired) electrons. The lowest BCUT2D eigenvalue weighted by molar-refractivity contribution is -0.0497. The minimum absolute atomic E-state index is 0.0463. The van der Waals surface area contributed by atoms with Crippen molar-refractivity contribution in [2.45, 2.75) is 6.61 Å². The third kappa shape index (κ3) is 3.26.